The second-order valence-electron chi connectivity index (χ2n) is 5.23. The number of rotatable bonds is 3. The largest absolute Gasteiger partial charge is 0.506 e. The number of benzene rings is 1. The minimum atomic E-state index is 0. The Labute approximate surface area is 164 Å². The third-order valence-corrected chi connectivity index (χ3v) is 4.55. The van der Waals surface area contributed by atoms with Gasteiger partial charge in [0.2, 0.25) is 0 Å². The molecule has 0 aliphatic rings. The Morgan fingerprint density at radius 3 is 2.08 bits per heavy atom. The Morgan fingerprint density at radius 1 is 0.760 bits per heavy atom. The molecule has 0 saturated carbocycles. The third-order valence-electron chi connectivity index (χ3n) is 3.62. The van der Waals surface area contributed by atoms with Gasteiger partial charge in [0, 0.05) is 21.1 Å². The Morgan fingerprint density at radius 2 is 1.44 bits per heavy atom. The van der Waals surface area contributed by atoms with Crippen molar-refractivity contribution in [3.05, 3.63) is 78.2 Å². The van der Waals surface area contributed by atoms with Crippen molar-refractivity contribution in [3.8, 4) is 39.0 Å². The first kappa shape index (κ1) is 17.5. The summed E-state index contributed by atoms with van der Waals surface area (Å²) in [5.41, 5.74) is 4.13. The summed E-state index contributed by atoms with van der Waals surface area (Å²) in [6.45, 7) is 0. The van der Waals surface area contributed by atoms with E-state index in [1.165, 1.54) is 11.3 Å². The molecule has 0 fully saturated rings. The maximum atomic E-state index is 9.91. The SMILES string of the molecule is Oc1ccsc1-c1cccc(-c2cccc(-c3[c-]cccc3)n2)n1.[Pt]. The zero-order valence-corrected chi connectivity index (χ0v) is 16.1. The van der Waals surface area contributed by atoms with Crippen LogP contribution in [0.5, 0.6) is 5.75 Å². The van der Waals surface area contributed by atoms with Crippen LogP contribution in [0.2, 0.25) is 0 Å². The van der Waals surface area contributed by atoms with Crippen LogP contribution in [-0.4, -0.2) is 15.1 Å². The summed E-state index contributed by atoms with van der Waals surface area (Å²) in [7, 11) is 0. The molecule has 126 valence electrons. The standard InChI is InChI=1S/C20H13N2OS.Pt/c23-19-12-13-24-20(19)18-11-5-10-17(22-18)16-9-4-8-15(21-16)14-6-2-1-3-7-14;/h1-6,8-13,23H;/q-1;. The van der Waals surface area contributed by atoms with Crippen LogP contribution in [0.3, 0.4) is 0 Å². The summed E-state index contributed by atoms with van der Waals surface area (Å²) in [5.74, 6) is 0.255. The fourth-order valence-electron chi connectivity index (χ4n) is 2.48. The fourth-order valence-corrected chi connectivity index (χ4v) is 3.23. The van der Waals surface area contributed by atoms with E-state index in [4.69, 9.17) is 4.98 Å². The molecule has 0 aliphatic carbocycles. The Bertz CT molecular complexity index is 986. The molecule has 1 N–H and O–H groups in total. The zero-order chi connectivity index (χ0) is 16.4. The maximum absolute atomic E-state index is 9.91. The molecule has 0 bridgehead atoms. The van der Waals surface area contributed by atoms with Crippen molar-refractivity contribution in [1.29, 1.82) is 0 Å². The van der Waals surface area contributed by atoms with Crippen LogP contribution in [-0.2, 0) is 21.1 Å². The molecule has 3 nitrogen and oxygen atoms in total. The van der Waals surface area contributed by atoms with Gasteiger partial charge in [0.05, 0.1) is 22.0 Å². The quantitative estimate of drug-likeness (QED) is 0.382. The smallest absolute Gasteiger partial charge is 0.135 e. The summed E-state index contributed by atoms with van der Waals surface area (Å²) >= 11 is 1.47. The molecule has 0 aliphatic heterocycles. The number of nitrogens with zero attached hydrogens (tertiary/aromatic N) is 2. The van der Waals surface area contributed by atoms with Crippen LogP contribution in [0, 0.1) is 6.07 Å². The molecule has 0 unspecified atom stereocenters. The van der Waals surface area contributed by atoms with Crippen LogP contribution in [0.25, 0.3) is 33.2 Å². The number of hydrogen-bond donors (Lipinski definition) is 1. The van der Waals surface area contributed by atoms with Crippen LogP contribution in [0.1, 0.15) is 0 Å². The minimum absolute atomic E-state index is 0. The van der Waals surface area contributed by atoms with Gasteiger partial charge in [0.15, 0.2) is 0 Å². The van der Waals surface area contributed by atoms with Crippen molar-refractivity contribution in [1.82, 2.24) is 9.97 Å². The molecular weight excluding hydrogens is 511 g/mol. The van der Waals surface area contributed by atoms with E-state index in [0.29, 0.717) is 0 Å². The molecule has 0 spiro atoms. The first-order valence-electron chi connectivity index (χ1n) is 7.50. The normalized spacial score (nSPS) is 10.2. The van der Waals surface area contributed by atoms with Gasteiger partial charge in [-0.3, -0.25) is 4.98 Å². The van der Waals surface area contributed by atoms with Gasteiger partial charge in [-0.15, -0.1) is 47.2 Å². The van der Waals surface area contributed by atoms with Crippen molar-refractivity contribution in [2.75, 3.05) is 0 Å². The minimum Gasteiger partial charge on any atom is -0.506 e. The van der Waals surface area contributed by atoms with Crippen LogP contribution >= 0.6 is 11.3 Å². The first-order valence-corrected chi connectivity index (χ1v) is 8.37. The number of thiophene rings is 1. The monoisotopic (exact) mass is 524 g/mol. The van der Waals surface area contributed by atoms with E-state index in [2.05, 4.69) is 11.1 Å². The van der Waals surface area contributed by atoms with Gasteiger partial charge in [-0.2, -0.15) is 0 Å². The second kappa shape index (κ2) is 7.73. The zero-order valence-electron chi connectivity index (χ0n) is 13.0. The first-order chi connectivity index (χ1) is 11.8. The van der Waals surface area contributed by atoms with Gasteiger partial charge in [-0.1, -0.05) is 18.2 Å². The Kier molecular flexibility index (Phi) is 5.42. The van der Waals surface area contributed by atoms with Crippen molar-refractivity contribution in [3.63, 3.8) is 0 Å². The van der Waals surface area contributed by atoms with E-state index in [-0.39, 0.29) is 26.8 Å². The van der Waals surface area contributed by atoms with Gasteiger partial charge in [0.1, 0.15) is 5.75 Å². The molecule has 3 aromatic heterocycles. The fraction of sp³-hybridized carbons (Fsp3) is 0. The van der Waals surface area contributed by atoms with Crippen LogP contribution in [0.15, 0.2) is 72.1 Å². The van der Waals surface area contributed by atoms with Gasteiger partial charge in [-0.25, -0.2) is 4.98 Å². The summed E-state index contributed by atoms with van der Waals surface area (Å²) in [4.78, 5) is 10.1. The molecule has 5 heteroatoms. The molecular formula is C20H13N2OPtS-. The number of hydrogen-bond acceptors (Lipinski definition) is 4. The van der Waals surface area contributed by atoms with Gasteiger partial charge >= 0.3 is 0 Å². The van der Waals surface area contributed by atoms with Gasteiger partial charge < -0.3 is 5.11 Å². The van der Waals surface area contributed by atoms with Gasteiger partial charge in [0.25, 0.3) is 0 Å². The van der Waals surface area contributed by atoms with E-state index < -0.39 is 0 Å². The Balaban J connectivity index is 0.00000182. The average Bonchev–Trinajstić information content (AvgIpc) is 3.09. The molecule has 0 amide bonds. The average molecular weight is 524 g/mol. The Hall–Kier alpha value is -2.29. The van der Waals surface area contributed by atoms with E-state index in [1.54, 1.807) is 6.07 Å². The topological polar surface area (TPSA) is 46.0 Å². The van der Waals surface area contributed by atoms with E-state index in [1.807, 2.05) is 66.0 Å². The van der Waals surface area contributed by atoms with E-state index in [0.717, 1.165) is 33.2 Å². The van der Waals surface area contributed by atoms with E-state index >= 15 is 0 Å². The van der Waals surface area contributed by atoms with Crippen LogP contribution in [0.4, 0.5) is 0 Å². The van der Waals surface area contributed by atoms with Crippen molar-refractivity contribution in [2.24, 2.45) is 0 Å². The molecule has 25 heavy (non-hydrogen) atoms. The van der Waals surface area contributed by atoms with Crippen molar-refractivity contribution >= 4 is 11.3 Å². The predicted molar refractivity (Wildman–Crippen MR) is 96.7 cm³/mol. The molecule has 0 radical (unpaired) electrons. The molecule has 4 aromatic rings. The van der Waals surface area contributed by atoms with Crippen molar-refractivity contribution < 1.29 is 26.2 Å². The number of aromatic hydroxyl groups is 1. The number of pyridine rings is 2. The summed E-state index contributed by atoms with van der Waals surface area (Å²) < 4.78 is 0. The molecule has 0 saturated heterocycles. The third kappa shape index (κ3) is 3.70. The summed E-state index contributed by atoms with van der Waals surface area (Å²) in [6.07, 6.45) is 0. The molecule has 4 rings (SSSR count). The van der Waals surface area contributed by atoms with E-state index in [9.17, 15) is 5.11 Å². The maximum Gasteiger partial charge on any atom is 0.135 e. The predicted octanol–water partition coefficient (Wildman–Crippen LogP) is 5.04. The van der Waals surface area contributed by atoms with Gasteiger partial charge in [-0.05, 0) is 35.3 Å². The second-order valence-corrected chi connectivity index (χ2v) is 6.14. The number of aromatic nitrogens is 2. The van der Waals surface area contributed by atoms with Crippen molar-refractivity contribution in [2.45, 2.75) is 0 Å². The summed E-state index contributed by atoms with van der Waals surface area (Å²) in [6, 6.07) is 24.3. The summed E-state index contributed by atoms with van der Waals surface area (Å²) in [5, 5.41) is 11.8. The molecule has 3 heterocycles. The molecule has 0 atom stereocenters. The molecule has 1 aromatic carbocycles. The van der Waals surface area contributed by atoms with Crippen LogP contribution < -0.4 is 0 Å².